The second kappa shape index (κ2) is 4.83. The van der Waals surface area contributed by atoms with Crippen molar-refractivity contribution in [2.45, 2.75) is 20.3 Å². The summed E-state index contributed by atoms with van der Waals surface area (Å²) in [4.78, 5) is 0. The number of rotatable bonds is 3. The van der Waals surface area contributed by atoms with E-state index >= 15 is 0 Å². The standard InChI is InChI=1S/C12H16O/c1-3-11(9-13)8-12-6-4-10(2)5-7-12/h4-8,13H,3,9H2,1-2H3. The lowest BCUT2D eigenvalue weighted by Gasteiger charge is -2.00. The number of hydrogen-bond donors (Lipinski definition) is 1. The molecule has 0 unspecified atom stereocenters. The van der Waals surface area contributed by atoms with Gasteiger partial charge < -0.3 is 5.11 Å². The molecule has 0 aliphatic heterocycles. The van der Waals surface area contributed by atoms with Crippen LogP contribution in [0.3, 0.4) is 0 Å². The van der Waals surface area contributed by atoms with Crippen molar-refractivity contribution in [1.29, 1.82) is 0 Å². The predicted molar refractivity (Wildman–Crippen MR) is 56.5 cm³/mol. The summed E-state index contributed by atoms with van der Waals surface area (Å²) < 4.78 is 0. The van der Waals surface area contributed by atoms with E-state index in [1.165, 1.54) is 5.56 Å². The Hall–Kier alpha value is -1.08. The molecule has 13 heavy (non-hydrogen) atoms. The fourth-order valence-electron chi connectivity index (χ4n) is 1.16. The summed E-state index contributed by atoms with van der Waals surface area (Å²) in [7, 11) is 0. The zero-order valence-electron chi connectivity index (χ0n) is 8.25. The average Bonchev–Trinajstić information content (AvgIpc) is 2.17. The Kier molecular flexibility index (Phi) is 3.71. The average molecular weight is 176 g/mol. The molecule has 1 nitrogen and oxygen atoms in total. The second-order valence-electron chi connectivity index (χ2n) is 3.22. The molecule has 1 aromatic rings. The second-order valence-corrected chi connectivity index (χ2v) is 3.22. The van der Waals surface area contributed by atoms with Gasteiger partial charge in [-0.05, 0) is 24.5 Å². The highest BCUT2D eigenvalue weighted by molar-refractivity contribution is 5.53. The highest BCUT2D eigenvalue weighted by Crippen LogP contribution is 2.10. The normalized spacial score (nSPS) is 11.8. The van der Waals surface area contributed by atoms with Crippen LogP contribution in [-0.4, -0.2) is 11.7 Å². The van der Waals surface area contributed by atoms with Crippen LogP contribution in [0.25, 0.3) is 6.08 Å². The van der Waals surface area contributed by atoms with E-state index in [0.29, 0.717) is 0 Å². The van der Waals surface area contributed by atoms with Crippen LogP contribution >= 0.6 is 0 Å². The lowest BCUT2D eigenvalue weighted by molar-refractivity contribution is 0.329. The lowest BCUT2D eigenvalue weighted by Crippen LogP contribution is -1.87. The Morgan fingerprint density at radius 1 is 1.31 bits per heavy atom. The van der Waals surface area contributed by atoms with Crippen molar-refractivity contribution in [3.05, 3.63) is 41.0 Å². The van der Waals surface area contributed by atoms with E-state index < -0.39 is 0 Å². The lowest BCUT2D eigenvalue weighted by atomic mass is 10.1. The maximum Gasteiger partial charge on any atom is 0.0644 e. The van der Waals surface area contributed by atoms with Gasteiger partial charge in [-0.1, -0.05) is 42.8 Å². The van der Waals surface area contributed by atoms with E-state index in [4.69, 9.17) is 5.11 Å². The molecule has 0 spiro atoms. The molecule has 1 rings (SSSR count). The summed E-state index contributed by atoms with van der Waals surface area (Å²) in [6, 6.07) is 8.30. The summed E-state index contributed by atoms with van der Waals surface area (Å²) >= 11 is 0. The molecule has 0 atom stereocenters. The molecule has 1 N–H and O–H groups in total. The van der Waals surface area contributed by atoms with Crippen molar-refractivity contribution in [2.24, 2.45) is 0 Å². The van der Waals surface area contributed by atoms with Gasteiger partial charge in [0, 0.05) is 0 Å². The van der Waals surface area contributed by atoms with Gasteiger partial charge in [0.25, 0.3) is 0 Å². The molecule has 0 bridgehead atoms. The molecule has 0 aromatic heterocycles. The molecular weight excluding hydrogens is 160 g/mol. The highest BCUT2D eigenvalue weighted by Gasteiger charge is 1.92. The minimum Gasteiger partial charge on any atom is -0.392 e. The third-order valence-electron chi connectivity index (χ3n) is 2.11. The Morgan fingerprint density at radius 2 is 1.92 bits per heavy atom. The Labute approximate surface area is 79.7 Å². The van der Waals surface area contributed by atoms with Crippen molar-refractivity contribution >= 4 is 6.08 Å². The van der Waals surface area contributed by atoms with Crippen LogP contribution in [0.5, 0.6) is 0 Å². The number of benzene rings is 1. The Balaban J connectivity index is 2.84. The first-order valence-corrected chi connectivity index (χ1v) is 4.63. The first-order valence-electron chi connectivity index (χ1n) is 4.63. The summed E-state index contributed by atoms with van der Waals surface area (Å²) in [5.74, 6) is 0. The Bertz CT molecular complexity index is 276. The minimum atomic E-state index is 0.157. The molecule has 0 saturated heterocycles. The van der Waals surface area contributed by atoms with Crippen molar-refractivity contribution < 1.29 is 5.11 Å². The van der Waals surface area contributed by atoms with Gasteiger partial charge in [0.2, 0.25) is 0 Å². The van der Waals surface area contributed by atoms with E-state index in [-0.39, 0.29) is 6.61 Å². The number of hydrogen-bond acceptors (Lipinski definition) is 1. The fraction of sp³-hybridized carbons (Fsp3) is 0.333. The minimum absolute atomic E-state index is 0.157. The van der Waals surface area contributed by atoms with Gasteiger partial charge in [0.15, 0.2) is 0 Å². The zero-order chi connectivity index (χ0) is 9.68. The van der Waals surface area contributed by atoms with Crippen molar-refractivity contribution in [2.75, 3.05) is 6.61 Å². The van der Waals surface area contributed by atoms with Gasteiger partial charge in [-0.25, -0.2) is 0 Å². The van der Waals surface area contributed by atoms with Gasteiger partial charge >= 0.3 is 0 Å². The van der Waals surface area contributed by atoms with Crippen LogP contribution in [0.2, 0.25) is 0 Å². The molecule has 0 aliphatic rings. The van der Waals surface area contributed by atoms with Crippen LogP contribution < -0.4 is 0 Å². The topological polar surface area (TPSA) is 20.2 Å². The highest BCUT2D eigenvalue weighted by atomic mass is 16.3. The smallest absolute Gasteiger partial charge is 0.0644 e. The van der Waals surface area contributed by atoms with Crippen LogP contribution in [0.4, 0.5) is 0 Å². The molecule has 70 valence electrons. The van der Waals surface area contributed by atoms with E-state index in [1.807, 2.05) is 6.08 Å². The van der Waals surface area contributed by atoms with Crippen LogP contribution in [0.1, 0.15) is 24.5 Å². The Morgan fingerprint density at radius 3 is 2.38 bits per heavy atom. The van der Waals surface area contributed by atoms with E-state index in [1.54, 1.807) is 0 Å². The molecule has 0 aliphatic carbocycles. The predicted octanol–water partition coefficient (Wildman–Crippen LogP) is 2.78. The van der Waals surface area contributed by atoms with E-state index in [0.717, 1.165) is 17.6 Å². The van der Waals surface area contributed by atoms with Crippen molar-refractivity contribution in [1.82, 2.24) is 0 Å². The first-order chi connectivity index (χ1) is 6.26. The fourth-order valence-corrected chi connectivity index (χ4v) is 1.16. The quantitative estimate of drug-likeness (QED) is 0.750. The summed E-state index contributed by atoms with van der Waals surface area (Å²) in [5, 5.41) is 8.97. The van der Waals surface area contributed by atoms with Crippen LogP contribution in [0.15, 0.2) is 29.8 Å². The van der Waals surface area contributed by atoms with Gasteiger partial charge in [-0.3, -0.25) is 0 Å². The summed E-state index contributed by atoms with van der Waals surface area (Å²) in [6.45, 7) is 4.28. The monoisotopic (exact) mass is 176 g/mol. The molecule has 0 fully saturated rings. The molecule has 0 heterocycles. The van der Waals surface area contributed by atoms with Crippen LogP contribution in [-0.2, 0) is 0 Å². The van der Waals surface area contributed by atoms with E-state index in [9.17, 15) is 0 Å². The van der Waals surface area contributed by atoms with Gasteiger partial charge in [0.05, 0.1) is 6.61 Å². The molecule has 1 heteroatoms. The van der Waals surface area contributed by atoms with Gasteiger partial charge in [0.1, 0.15) is 0 Å². The third kappa shape index (κ3) is 3.03. The molecular formula is C12H16O. The summed E-state index contributed by atoms with van der Waals surface area (Å²) in [5.41, 5.74) is 3.50. The van der Waals surface area contributed by atoms with Crippen molar-refractivity contribution in [3.63, 3.8) is 0 Å². The number of aliphatic hydroxyl groups excluding tert-OH is 1. The molecule has 0 radical (unpaired) electrons. The molecule has 1 aromatic carbocycles. The first kappa shape index (κ1) is 10.0. The third-order valence-corrected chi connectivity index (χ3v) is 2.11. The zero-order valence-corrected chi connectivity index (χ0v) is 8.25. The maximum atomic E-state index is 8.97. The maximum absolute atomic E-state index is 8.97. The SMILES string of the molecule is CCC(=Cc1ccc(C)cc1)CO. The van der Waals surface area contributed by atoms with Crippen LogP contribution in [0, 0.1) is 6.92 Å². The molecule has 0 amide bonds. The number of aryl methyl sites for hydroxylation is 1. The molecule has 0 saturated carbocycles. The largest absolute Gasteiger partial charge is 0.392 e. The van der Waals surface area contributed by atoms with E-state index in [2.05, 4.69) is 38.1 Å². The summed E-state index contributed by atoms with van der Waals surface area (Å²) in [6.07, 6.45) is 2.95. The number of aliphatic hydroxyl groups is 1. The van der Waals surface area contributed by atoms with Gasteiger partial charge in [-0.2, -0.15) is 0 Å². The van der Waals surface area contributed by atoms with Crippen molar-refractivity contribution in [3.8, 4) is 0 Å². The van der Waals surface area contributed by atoms with Gasteiger partial charge in [-0.15, -0.1) is 0 Å².